The Balaban J connectivity index is 2.11. The molecule has 5 heteroatoms. The molecule has 0 aliphatic carbocycles. The number of aromatic nitrogens is 2. The molecule has 0 saturated carbocycles. The van der Waals surface area contributed by atoms with E-state index >= 15 is 0 Å². The summed E-state index contributed by atoms with van der Waals surface area (Å²) in [6.45, 7) is 0.573. The van der Waals surface area contributed by atoms with Crippen LogP contribution in [0.2, 0.25) is 0 Å². The molecule has 1 heterocycles. The van der Waals surface area contributed by atoms with Crippen molar-refractivity contribution in [3.05, 3.63) is 36.4 Å². The monoisotopic (exact) mass is 254 g/mol. The number of nitrogens with zero attached hydrogens (tertiary/aromatic N) is 3. The van der Waals surface area contributed by atoms with Crippen molar-refractivity contribution < 1.29 is 4.74 Å². The van der Waals surface area contributed by atoms with Gasteiger partial charge in [0.05, 0.1) is 25.3 Å². The molecule has 0 unspecified atom stereocenters. The van der Waals surface area contributed by atoms with Crippen LogP contribution in [0.5, 0.6) is 5.75 Å². The first-order valence-electron chi connectivity index (χ1n) is 5.92. The molecule has 2 aromatic rings. The van der Waals surface area contributed by atoms with Crippen LogP contribution in [0.15, 0.2) is 36.4 Å². The predicted octanol–water partition coefficient (Wildman–Crippen LogP) is 2.48. The highest BCUT2D eigenvalue weighted by Crippen LogP contribution is 2.21. The summed E-state index contributed by atoms with van der Waals surface area (Å²) >= 11 is 0. The van der Waals surface area contributed by atoms with Crippen LogP contribution in [-0.2, 0) is 0 Å². The maximum Gasteiger partial charge on any atom is 0.148 e. The van der Waals surface area contributed by atoms with E-state index in [1.54, 1.807) is 7.11 Å². The molecule has 0 atom stereocenters. The first-order valence-corrected chi connectivity index (χ1v) is 5.92. The van der Waals surface area contributed by atoms with Gasteiger partial charge in [0, 0.05) is 12.1 Å². The van der Waals surface area contributed by atoms with Crippen molar-refractivity contribution in [2.45, 2.75) is 6.42 Å². The Morgan fingerprint density at radius 3 is 2.84 bits per heavy atom. The highest BCUT2D eigenvalue weighted by Gasteiger charge is 2.02. The van der Waals surface area contributed by atoms with E-state index in [1.807, 2.05) is 36.4 Å². The maximum absolute atomic E-state index is 8.45. The minimum absolute atomic E-state index is 0.444. The van der Waals surface area contributed by atoms with Crippen molar-refractivity contribution in [1.82, 2.24) is 10.2 Å². The van der Waals surface area contributed by atoms with Gasteiger partial charge in [-0.15, -0.1) is 10.2 Å². The third-order valence-corrected chi connectivity index (χ3v) is 2.57. The number of nitriles is 1. The van der Waals surface area contributed by atoms with E-state index in [0.717, 1.165) is 17.0 Å². The minimum Gasteiger partial charge on any atom is -0.497 e. The van der Waals surface area contributed by atoms with Crippen molar-refractivity contribution >= 4 is 5.82 Å². The number of nitrogens with one attached hydrogen (secondary N) is 1. The van der Waals surface area contributed by atoms with Crippen molar-refractivity contribution in [1.29, 1.82) is 5.26 Å². The summed E-state index contributed by atoms with van der Waals surface area (Å²) in [5, 5.41) is 19.7. The smallest absolute Gasteiger partial charge is 0.148 e. The Labute approximate surface area is 111 Å². The third kappa shape index (κ3) is 3.42. The first kappa shape index (κ1) is 12.8. The van der Waals surface area contributed by atoms with E-state index in [-0.39, 0.29) is 0 Å². The fraction of sp³-hybridized carbons (Fsp3) is 0.214. The Kier molecular flexibility index (Phi) is 4.29. The number of hydrogen-bond acceptors (Lipinski definition) is 5. The van der Waals surface area contributed by atoms with Gasteiger partial charge < -0.3 is 10.1 Å². The molecule has 2 rings (SSSR count). The SMILES string of the molecule is COc1cccc(-c2ccc(NCCC#N)nn2)c1. The number of benzene rings is 1. The molecule has 0 radical (unpaired) electrons. The molecular weight excluding hydrogens is 240 g/mol. The van der Waals surface area contributed by atoms with Crippen molar-refractivity contribution in [3.63, 3.8) is 0 Å². The molecule has 1 aromatic heterocycles. The number of rotatable bonds is 5. The maximum atomic E-state index is 8.45. The zero-order valence-electron chi connectivity index (χ0n) is 10.6. The topological polar surface area (TPSA) is 70.8 Å². The van der Waals surface area contributed by atoms with Crippen LogP contribution in [0.25, 0.3) is 11.3 Å². The standard InChI is InChI=1S/C14H14N4O/c1-19-12-5-2-4-11(10-12)13-6-7-14(18-17-13)16-9-3-8-15/h2,4-7,10H,3,9H2,1H3,(H,16,18). The zero-order chi connectivity index (χ0) is 13.5. The second kappa shape index (κ2) is 6.36. The molecule has 0 bridgehead atoms. The van der Waals surface area contributed by atoms with Gasteiger partial charge in [-0.1, -0.05) is 12.1 Å². The summed E-state index contributed by atoms with van der Waals surface area (Å²) in [6, 6.07) is 13.5. The highest BCUT2D eigenvalue weighted by molar-refractivity contribution is 5.61. The highest BCUT2D eigenvalue weighted by atomic mass is 16.5. The van der Waals surface area contributed by atoms with Gasteiger partial charge >= 0.3 is 0 Å². The Morgan fingerprint density at radius 1 is 1.26 bits per heavy atom. The molecule has 0 saturated heterocycles. The average molecular weight is 254 g/mol. The summed E-state index contributed by atoms with van der Waals surface area (Å²) in [6.07, 6.45) is 0.444. The van der Waals surface area contributed by atoms with Gasteiger partial charge in [0.2, 0.25) is 0 Å². The largest absolute Gasteiger partial charge is 0.497 e. The van der Waals surface area contributed by atoms with Crippen LogP contribution in [0.4, 0.5) is 5.82 Å². The molecule has 1 aromatic carbocycles. The molecule has 96 valence electrons. The number of hydrogen-bond donors (Lipinski definition) is 1. The molecule has 0 aliphatic rings. The number of anilines is 1. The molecule has 0 amide bonds. The molecule has 5 nitrogen and oxygen atoms in total. The predicted molar refractivity (Wildman–Crippen MR) is 72.7 cm³/mol. The van der Waals surface area contributed by atoms with Gasteiger partial charge in [-0.05, 0) is 24.3 Å². The van der Waals surface area contributed by atoms with E-state index in [0.29, 0.717) is 18.8 Å². The Morgan fingerprint density at radius 2 is 2.16 bits per heavy atom. The summed E-state index contributed by atoms with van der Waals surface area (Å²) in [5.74, 6) is 1.46. The average Bonchev–Trinajstić information content (AvgIpc) is 2.48. The van der Waals surface area contributed by atoms with Crippen molar-refractivity contribution in [2.24, 2.45) is 0 Å². The van der Waals surface area contributed by atoms with Gasteiger partial charge in [0.1, 0.15) is 11.6 Å². The van der Waals surface area contributed by atoms with Crippen LogP contribution in [0.1, 0.15) is 6.42 Å². The molecule has 0 spiro atoms. The van der Waals surface area contributed by atoms with Crippen molar-refractivity contribution in [2.75, 3.05) is 19.0 Å². The summed E-state index contributed by atoms with van der Waals surface area (Å²) < 4.78 is 5.17. The van der Waals surface area contributed by atoms with Crippen LogP contribution in [0, 0.1) is 11.3 Å². The van der Waals surface area contributed by atoms with E-state index in [1.165, 1.54) is 0 Å². The van der Waals surface area contributed by atoms with Gasteiger partial charge in [-0.3, -0.25) is 0 Å². The quantitative estimate of drug-likeness (QED) is 0.830. The van der Waals surface area contributed by atoms with Gasteiger partial charge in [-0.25, -0.2) is 0 Å². The fourth-order valence-electron chi connectivity index (χ4n) is 1.61. The van der Waals surface area contributed by atoms with E-state index in [2.05, 4.69) is 21.6 Å². The third-order valence-electron chi connectivity index (χ3n) is 2.57. The normalized spacial score (nSPS) is 9.68. The van der Waals surface area contributed by atoms with E-state index in [9.17, 15) is 0 Å². The zero-order valence-corrected chi connectivity index (χ0v) is 10.6. The summed E-state index contributed by atoms with van der Waals surface area (Å²) in [7, 11) is 1.63. The van der Waals surface area contributed by atoms with Crippen LogP contribution in [-0.4, -0.2) is 23.9 Å². The fourth-order valence-corrected chi connectivity index (χ4v) is 1.61. The van der Waals surface area contributed by atoms with Gasteiger partial charge in [0.25, 0.3) is 0 Å². The van der Waals surface area contributed by atoms with Crippen LogP contribution < -0.4 is 10.1 Å². The lowest BCUT2D eigenvalue weighted by molar-refractivity contribution is 0.415. The van der Waals surface area contributed by atoms with Gasteiger partial charge in [0.15, 0.2) is 0 Å². The van der Waals surface area contributed by atoms with E-state index < -0.39 is 0 Å². The number of methoxy groups -OCH3 is 1. The Bertz CT molecular complexity index is 575. The van der Waals surface area contributed by atoms with Crippen LogP contribution >= 0.6 is 0 Å². The molecule has 19 heavy (non-hydrogen) atoms. The Hall–Kier alpha value is -2.61. The lowest BCUT2D eigenvalue weighted by atomic mass is 10.1. The number of ether oxygens (including phenoxy) is 1. The van der Waals surface area contributed by atoms with Crippen molar-refractivity contribution in [3.8, 4) is 23.1 Å². The first-order chi connectivity index (χ1) is 9.33. The second-order valence-electron chi connectivity index (χ2n) is 3.87. The molecule has 1 N–H and O–H groups in total. The molecule has 0 fully saturated rings. The summed E-state index contributed by atoms with van der Waals surface area (Å²) in [5.41, 5.74) is 1.74. The minimum atomic E-state index is 0.444. The van der Waals surface area contributed by atoms with Gasteiger partial charge in [-0.2, -0.15) is 5.26 Å². The van der Waals surface area contributed by atoms with E-state index in [4.69, 9.17) is 10.00 Å². The molecule has 0 aliphatic heterocycles. The lowest BCUT2D eigenvalue weighted by Crippen LogP contribution is -2.03. The lowest BCUT2D eigenvalue weighted by Gasteiger charge is -2.05. The second-order valence-corrected chi connectivity index (χ2v) is 3.87. The molecular formula is C14H14N4O. The van der Waals surface area contributed by atoms with Crippen LogP contribution in [0.3, 0.4) is 0 Å². The summed E-state index contributed by atoms with van der Waals surface area (Å²) in [4.78, 5) is 0.